The average Bonchev–Trinajstić information content (AvgIpc) is 3.00. The molecule has 1 aliphatic rings. The number of phenols is 1. The van der Waals surface area contributed by atoms with Gasteiger partial charge >= 0.3 is 0 Å². The Labute approximate surface area is 204 Å². The van der Waals surface area contributed by atoms with Crippen LogP contribution >= 0.6 is 15.9 Å². The topological polar surface area (TPSA) is 155 Å². The third-order valence-corrected chi connectivity index (χ3v) is 6.48. The summed E-state index contributed by atoms with van der Waals surface area (Å²) in [5.41, 5.74) is -0.429. The molecule has 34 heavy (non-hydrogen) atoms. The van der Waals surface area contributed by atoms with Crippen LogP contribution in [0.1, 0.15) is 38.3 Å². The molecular weight excluding hydrogens is 530 g/mol. The maximum Gasteiger partial charge on any atom is 0.285 e. The lowest BCUT2D eigenvalue weighted by atomic mass is 10.1. The summed E-state index contributed by atoms with van der Waals surface area (Å²) in [5.74, 6) is -0.580. The Kier molecular flexibility index (Phi) is 7.07. The molecule has 0 unspecified atom stereocenters. The Bertz CT molecular complexity index is 1320. The molecule has 2 aromatic carbocycles. The highest BCUT2D eigenvalue weighted by molar-refractivity contribution is 9.10. The minimum atomic E-state index is -3.96. The van der Waals surface area contributed by atoms with E-state index in [-0.39, 0.29) is 51.1 Å². The number of benzene rings is 2. The summed E-state index contributed by atoms with van der Waals surface area (Å²) in [5, 5.41) is 29.8. The molecule has 1 amide bonds. The van der Waals surface area contributed by atoms with Gasteiger partial charge in [0.1, 0.15) is 10.6 Å². The van der Waals surface area contributed by atoms with Gasteiger partial charge < -0.3 is 10.4 Å². The summed E-state index contributed by atoms with van der Waals surface area (Å²) in [6.45, 7) is 5.44. The summed E-state index contributed by atoms with van der Waals surface area (Å²) in [6, 6.07) is 8.46. The van der Waals surface area contributed by atoms with Crippen LogP contribution in [0, 0.1) is 10.1 Å². The number of nitrogens with zero attached hydrogens (tertiary/aromatic N) is 4. The molecule has 0 saturated carbocycles. The highest BCUT2D eigenvalue weighted by Crippen LogP contribution is 2.32. The third kappa shape index (κ3) is 5.78. The van der Waals surface area contributed by atoms with Gasteiger partial charge in [0.15, 0.2) is 5.84 Å². The quantitative estimate of drug-likeness (QED) is 0.317. The Balaban J connectivity index is 2.00. The highest BCUT2D eigenvalue weighted by Gasteiger charge is 2.32. The first-order chi connectivity index (χ1) is 15.8. The van der Waals surface area contributed by atoms with Crippen LogP contribution in [-0.2, 0) is 14.8 Å². The number of hydrogen-bond acceptors (Lipinski definition) is 8. The Morgan fingerprint density at radius 2 is 2.00 bits per heavy atom. The van der Waals surface area contributed by atoms with E-state index in [1.807, 2.05) is 20.8 Å². The Morgan fingerprint density at radius 1 is 1.32 bits per heavy atom. The van der Waals surface area contributed by atoms with Gasteiger partial charge in [0.05, 0.1) is 22.2 Å². The van der Waals surface area contributed by atoms with E-state index in [1.54, 1.807) is 18.2 Å². The number of hydrazone groups is 1. The number of aromatic hydroxyl groups is 1. The zero-order chi connectivity index (χ0) is 25.3. The van der Waals surface area contributed by atoms with Crippen molar-refractivity contribution < 1.29 is 23.2 Å². The first-order valence-electron chi connectivity index (χ1n) is 10.0. The molecule has 0 atom stereocenters. The predicted octanol–water partition coefficient (Wildman–Crippen LogP) is 3.15. The predicted molar refractivity (Wildman–Crippen MR) is 129 cm³/mol. The van der Waals surface area contributed by atoms with Crippen molar-refractivity contribution in [1.82, 2.24) is 10.3 Å². The number of amides is 1. The van der Waals surface area contributed by atoms with Gasteiger partial charge in [-0.05, 0) is 48.8 Å². The van der Waals surface area contributed by atoms with Crippen molar-refractivity contribution in [2.75, 3.05) is 6.54 Å². The van der Waals surface area contributed by atoms with Crippen LogP contribution in [0.5, 0.6) is 5.75 Å². The number of rotatable bonds is 6. The molecule has 13 heteroatoms. The van der Waals surface area contributed by atoms with Gasteiger partial charge in [-0.3, -0.25) is 14.9 Å². The number of fused-ring (bicyclic) bond motifs is 1. The zero-order valence-corrected chi connectivity index (χ0v) is 20.9. The maximum atomic E-state index is 12.5. The number of amidine groups is 1. The minimum absolute atomic E-state index is 0.000560. The fraction of sp³-hybridized carbons (Fsp3) is 0.286. The van der Waals surface area contributed by atoms with E-state index < -0.39 is 20.5 Å². The molecule has 2 aromatic rings. The third-order valence-electron chi connectivity index (χ3n) is 4.55. The van der Waals surface area contributed by atoms with Crippen LogP contribution in [0.25, 0.3) is 0 Å². The second-order valence-corrected chi connectivity index (χ2v) is 10.9. The lowest BCUT2D eigenvalue weighted by molar-refractivity contribution is -0.385. The maximum absolute atomic E-state index is 12.5. The van der Waals surface area contributed by atoms with E-state index in [2.05, 4.69) is 30.7 Å². The molecule has 2 N–H and O–H groups in total. The summed E-state index contributed by atoms with van der Waals surface area (Å²) >= 11 is 3.07. The Morgan fingerprint density at radius 3 is 2.65 bits per heavy atom. The molecule has 0 radical (unpaired) electrons. The van der Waals surface area contributed by atoms with Crippen molar-refractivity contribution >= 4 is 49.6 Å². The van der Waals surface area contributed by atoms with Crippen LogP contribution in [-0.4, -0.2) is 53.5 Å². The number of carbonyl (C=O) groups excluding carboxylic acids is 1. The van der Waals surface area contributed by atoms with Crippen molar-refractivity contribution in [3.05, 3.63) is 62.1 Å². The lowest BCUT2D eigenvalue weighted by Gasteiger charge is -2.22. The zero-order valence-electron chi connectivity index (χ0n) is 18.5. The van der Waals surface area contributed by atoms with Crippen LogP contribution in [0.4, 0.5) is 5.69 Å². The molecular formula is C21H22BrN5O6S. The number of nitro groups is 1. The van der Waals surface area contributed by atoms with E-state index in [9.17, 15) is 28.4 Å². The summed E-state index contributed by atoms with van der Waals surface area (Å²) < 4.78 is 29.0. The molecule has 1 aliphatic heterocycles. The molecule has 0 bridgehead atoms. The molecule has 0 fully saturated rings. The van der Waals surface area contributed by atoms with Crippen molar-refractivity contribution in [2.24, 2.45) is 9.50 Å². The van der Waals surface area contributed by atoms with E-state index in [4.69, 9.17) is 0 Å². The number of nitrogens with one attached hydrogen (secondary N) is 1. The van der Waals surface area contributed by atoms with E-state index in [1.165, 1.54) is 11.1 Å². The second kappa shape index (κ2) is 9.50. The number of phenolic OH excluding ortho intramolecular Hbond substituents is 1. The van der Waals surface area contributed by atoms with Crippen LogP contribution in [0.3, 0.4) is 0 Å². The molecule has 180 valence electrons. The normalized spacial score (nSPS) is 14.5. The van der Waals surface area contributed by atoms with Gasteiger partial charge in [-0.1, -0.05) is 12.1 Å². The van der Waals surface area contributed by atoms with Crippen LogP contribution < -0.4 is 5.32 Å². The van der Waals surface area contributed by atoms with Crippen LogP contribution in [0.2, 0.25) is 0 Å². The second-order valence-electron chi connectivity index (χ2n) is 8.42. The largest absolute Gasteiger partial charge is 0.506 e. The van der Waals surface area contributed by atoms with E-state index in [0.29, 0.717) is 5.56 Å². The SMILES string of the molecule is CC(C)(C)NC(=O)CCN(N=Cc1cc([N+](=O)[O-])cc(Br)c1O)C1=NS(=O)(=O)c2ccccc21. The van der Waals surface area contributed by atoms with Gasteiger partial charge in [-0.2, -0.15) is 13.5 Å². The van der Waals surface area contributed by atoms with E-state index in [0.717, 1.165) is 18.3 Å². The molecule has 0 saturated heterocycles. The van der Waals surface area contributed by atoms with Crippen molar-refractivity contribution in [3.63, 3.8) is 0 Å². The first kappa shape index (κ1) is 25.3. The van der Waals surface area contributed by atoms with Crippen LogP contribution in [0.15, 0.2) is 55.3 Å². The smallest absolute Gasteiger partial charge is 0.285 e. The number of sulfonamides is 1. The number of carbonyl (C=O) groups is 1. The minimum Gasteiger partial charge on any atom is -0.506 e. The van der Waals surface area contributed by atoms with Crippen molar-refractivity contribution in [1.29, 1.82) is 0 Å². The summed E-state index contributed by atoms with van der Waals surface area (Å²) in [4.78, 5) is 22.9. The standard InChI is InChI=1S/C21H22BrN5O6S/c1-21(2,3)24-18(28)8-9-26(20-15-6-4-5-7-17(15)34(32,33)25-20)23-12-13-10-14(27(30)31)11-16(22)19(13)29/h4-7,10-12,29H,8-9H2,1-3H3,(H,24,28). The summed E-state index contributed by atoms with van der Waals surface area (Å²) in [6.07, 6.45) is 1.10. The summed E-state index contributed by atoms with van der Waals surface area (Å²) in [7, 11) is -3.96. The number of non-ortho nitro benzene ring substituents is 1. The molecule has 3 rings (SSSR count). The van der Waals surface area contributed by atoms with E-state index >= 15 is 0 Å². The molecule has 0 aromatic heterocycles. The first-order valence-corrected chi connectivity index (χ1v) is 12.3. The monoisotopic (exact) mass is 551 g/mol. The molecule has 11 nitrogen and oxygen atoms in total. The van der Waals surface area contributed by atoms with Gasteiger partial charge in [-0.25, -0.2) is 5.01 Å². The molecule has 0 spiro atoms. The average molecular weight is 552 g/mol. The van der Waals surface area contributed by atoms with Crippen molar-refractivity contribution in [2.45, 2.75) is 37.6 Å². The molecule has 0 aliphatic carbocycles. The van der Waals surface area contributed by atoms with Gasteiger partial charge in [0.25, 0.3) is 15.7 Å². The fourth-order valence-electron chi connectivity index (χ4n) is 3.12. The van der Waals surface area contributed by atoms with Crippen molar-refractivity contribution in [3.8, 4) is 5.75 Å². The van der Waals surface area contributed by atoms with Gasteiger partial charge in [0, 0.05) is 35.2 Å². The number of hydrogen-bond donors (Lipinski definition) is 2. The number of nitro benzene ring substituents is 1. The Hall–Kier alpha value is -3.32. The number of halogens is 1. The lowest BCUT2D eigenvalue weighted by Crippen LogP contribution is -2.42. The highest BCUT2D eigenvalue weighted by atomic mass is 79.9. The fourth-order valence-corrected chi connectivity index (χ4v) is 4.79. The molecule has 1 heterocycles. The van der Waals surface area contributed by atoms with Gasteiger partial charge in [-0.15, -0.1) is 4.40 Å². The van der Waals surface area contributed by atoms with Gasteiger partial charge in [0.2, 0.25) is 5.91 Å².